The fraction of sp³-hybridized carbons (Fsp3) is 0.588. The summed E-state index contributed by atoms with van der Waals surface area (Å²) >= 11 is 0. The lowest BCUT2D eigenvalue weighted by Crippen LogP contribution is -2.44. The van der Waals surface area contributed by atoms with Gasteiger partial charge >= 0.3 is 0 Å². The number of fused-ring (bicyclic) bond motifs is 1. The fourth-order valence-corrected chi connectivity index (χ4v) is 3.03. The quantitative estimate of drug-likeness (QED) is 0.789. The summed E-state index contributed by atoms with van der Waals surface area (Å²) in [6.07, 6.45) is 0. The third kappa shape index (κ3) is 3.07. The second-order valence-electron chi connectivity index (χ2n) is 6.12. The van der Waals surface area contributed by atoms with Gasteiger partial charge in [-0.1, -0.05) is 5.92 Å². The summed E-state index contributed by atoms with van der Waals surface area (Å²) in [7, 11) is 3.67. The van der Waals surface area contributed by atoms with E-state index in [-0.39, 0.29) is 5.56 Å². The first-order chi connectivity index (χ1) is 12.1. The Morgan fingerprint density at radius 1 is 1.28 bits per heavy atom. The number of aromatic nitrogens is 4. The predicted octanol–water partition coefficient (Wildman–Crippen LogP) is 0.0190. The van der Waals surface area contributed by atoms with E-state index < -0.39 is 0 Å². The molecule has 0 aromatic carbocycles. The van der Waals surface area contributed by atoms with Gasteiger partial charge in [0.1, 0.15) is 0 Å². The van der Waals surface area contributed by atoms with E-state index in [0.717, 1.165) is 38.7 Å². The lowest BCUT2D eigenvalue weighted by atomic mass is 10.4. The Labute approximate surface area is 147 Å². The molecule has 0 spiro atoms. The molecule has 3 rings (SSSR count). The van der Waals surface area contributed by atoms with Gasteiger partial charge in [-0.15, -0.1) is 5.92 Å². The van der Waals surface area contributed by atoms with Gasteiger partial charge in [0.25, 0.3) is 5.56 Å². The topological polar surface area (TPSA) is 71.2 Å². The van der Waals surface area contributed by atoms with Crippen molar-refractivity contribution in [1.82, 2.24) is 24.4 Å². The van der Waals surface area contributed by atoms with Gasteiger partial charge < -0.3 is 15.1 Å². The standard InChI is InChI=1S/C17H25N7O/c1-5-7-10-24-13-14(20-17(24)23-11-8-18-9-12-23)19-16(21(3)6-2)22(4)15(13)25/h18H,6,8-12H2,1-4H3. The number of anilines is 2. The largest absolute Gasteiger partial charge is 0.345 e. The van der Waals surface area contributed by atoms with Crippen molar-refractivity contribution in [3.05, 3.63) is 10.4 Å². The smallest absolute Gasteiger partial charge is 0.281 e. The van der Waals surface area contributed by atoms with Gasteiger partial charge in [0.15, 0.2) is 11.2 Å². The molecule has 2 aromatic rings. The third-order valence-electron chi connectivity index (χ3n) is 4.57. The molecule has 8 heteroatoms. The molecule has 0 amide bonds. The van der Waals surface area contributed by atoms with E-state index >= 15 is 0 Å². The van der Waals surface area contributed by atoms with Gasteiger partial charge in [0, 0.05) is 46.8 Å². The number of hydrogen-bond donors (Lipinski definition) is 1. The van der Waals surface area contributed by atoms with Crippen molar-refractivity contribution in [3.8, 4) is 11.8 Å². The zero-order chi connectivity index (χ0) is 18.0. The Balaban J connectivity index is 2.23. The van der Waals surface area contributed by atoms with Crippen LogP contribution in [0.4, 0.5) is 11.9 Å². The minimum Gasteiger partial charge on any atom is -0.345 e. The lowest BCUT2D eigenvalue weighted by Gasteiger charge is -2.28. The van der Waals surface area contributed by atoms with E-state index in [1.165, 1.54) is 0 Å². The van der Waals surface area contributed by atoms with Crippen LogP contribution in [0, 0.1) is 11.8 Å². The first-order valence-corrected chi connectivity index (χ1v) is 8.62. The highest BCUT2D eigenvalue weighted by Crippen LogP contribution is 2.21. The van der Waals surface area contributed by atoms with E-state index in [1.807, 2.05) is 23.4 Å². The van der Waals surface area contributed by atoms with Gasteiger partial charge in [-0.3, -0.25) is 13.9 Å². The fourth-order valence-electron chi connectivity index (χ4n) is 3.03. The molecule has 1 N–H and O–H groups in total. The van der Waals surface area contributed by atoms with Gasteiger partial charge in [0.05, 0.1) is 6.54 Å². The normalized spacial score (nSPS) is 14.5. The van der Waals surface area contributed by atoms with Gasteiger partial charge in [-0.2, -0.15) is 9.97 Å². The summed E-state index contributed by atoms with van der Waals surface area (Å²) in [5.41, 5.74) is 0.920. The predicted molar refractivity (Wildman–Crippen MR) is 100 cm³/mol. The Bertz CT molecular complexity index is 880. The first-order valence-electron chi connectivity index (χ1n) is 8.62. The molecule has 1 aliphatic rings. The van der Waals surface area contributed by atoms with Crippen LogP contribution in [0.15, 0.2) is 4.79 Å². The molecular weight excluding hydrogens is 318 g/mol. The molecule has 3 heterocycles. The summed E-state index contributed by atoms with van der Waals surface area (Å²) in [5.74, 6) is 7.37. The molecular formula is C17H25N7O. The molecule has 0 bridgehead atoms. The van der Waals surface area contributed by atoms with Crippen LogP contribution in [0.2, 0.25) is 0 Å². The molecule has 0 saturated carbocycles. The minimum atomic E-state index is -0.0907. The van der Waals surface area contributed by atoms with E-state index in [2.05, 4.69) is 27.0 Å². The zero-order valence-corrected chi connectivity index (χ0v) is 15.3. The van der Waals surface area contributed by atoms with Gasteiger partial charge in [-0.05, 0) is 13.8 Å². The zero-order valence-electron chi connectivity index (χ0n) is 15.3. The molecule has 1 fully saturated rings. The van der Waals surface area contributed by atoms with Crippen molar-refractivity contribution in [2.24, 2.45) is 7.05 Å². The molecule has 0 unspecified atom stereocenters. The maximum Gasteiger partial charge on any atom is 0.281 e. The van der Waals surface area contributed by atoms with Crippen molar-refractivity contribution >= 4 is 23.1 Å². The number of rotatable bonds is 4. The average molecular weight is 343 g/mol. The number of nitrogens with zero attached hydrogens (tertiary/aromatic N) is 6. The van der Waals surface area contributed by atoms with Crippen LogP contribution in [-0.4, -0.2) is 58.9 Å². The maximum atomic E-state index is 13.0. The summed E-state index contributed by atoms with van der Waals surface area (Å²) < 4.78 is 3.49. The van der Waals surface area contributed by atoms with Crippen molar-refractivity contribution in [1.29, 1.82) is 0 Å². The van der Waals surface area contributed by atoms with Crippen LogP contribution < -0.4 is 20.7 Å². The van der Waals surface area contributed by atoms with Gasteiger partial charge in [0.2, 0.25) is 11.9 Å². The molecule has 25 heavy (non-hydrogen) atoms. The number of imidazole rings is 1. The SMILES string of the molecule is CC#CCn1c(N2CCNCC2)nc2nc(N(C)CC)n(C)c(=O)c21. The van der Waals surface area contributed by atoms with Crippen LogP contribution in [-0.2, 0) is 13.6 Å². The molecule has 2 aromatic heterocycles. The van der Waals surface area contributed by atoms with Crippen molar-refractivity contribution < 1.29 is 0 Å². The van der Waals surface area contributed by atoms with Crippen LogP contribution in [0.1, 0.15) is 13.8 Å². The summed E-state index contributed by atoms with van der Waals surface area (Å²) in [4.78, 5) is 26.5. The van der Waals surface area contributed by atoms with Crippen molar-refractivity contribution in [2.75, 3.05) is 49.6 Å². The molecule has 0 radical (unpaired) electrons. The second kappa shape index (κ2) is 7.15. The molecule has 134 valence electrons. The number of piperazine rings is 1. The summed E-state index contributed by atoms with van der Waals surface area (Å²) in [6, 6.07) is 0. The van der Waals surface area contributed by atoms with Crippen LogP contribution >= 0.6 is 0 Å². The highest BCUT2D eigenvalue weighted by Gasteiger charge is 2.23. The highest BCUT2D eigenvalue weighted by molar-refractivity contribution is 5.75. The van der Waals surface area contributed by atoms with Gasteiger partial charge in [-0.25, -0.2) is 0 Å². The molecule has 0 aliphatic carbocycles. The Morgan fingerprint density at radius 3 is 2.64 bits per heavy atom. The van der Waals surface area contributed by atoms with E-state index in [1.54, 1.807) is 18.5 Å². The van der Waals surface area contributed by atoms with Crippen molar-refractivity contribution in [3.63, 3.8) is 0 Å². The number of hydrogen-bond acceptors (Lipinski definition) is 6. The van der Waals surface area contributed by atoms with Crippen molar-refractivity contribution in [2.45, 2.75) is 20.4 Å². The molecule has 1 saturated heterocycles. The molecule has 0 atom stereocenters. The van der Waals surface area contributed by atoms with Crippen LogP contribution in [0.5, 0.6) is 0 Å². The summed E-state index contributed by atoms with van der Waals surface area (Å²) in [5, 5.41) is 3.34. The van der Waals surface area contributed by atoms with Crippen LogP contribution in [0.25, 0.3) is 11.2 Å². The Kier molecular flexibility index (Phi) is 4.95. The molecule has 8 nitrogen and oxygen atoms in total. The minimum absolute atomic E-state index is 0.0907. The average Bonchev–Trinajstić information content (AvgIpc) is 3.01. The van der Waals surface area contributed by atoms with E-state index in [9.17, 15) is 4.79 Å². The van der Waals surface area contributed by atoms with E-state index in [0.29, 0.717) is 23.7 Å². The Morgan fingerprint density at radius 2 is 2.00 bits per heavy atom. The lowest BCUT2D eigenvalue weighted by molar-refractivity contribution is 0.573. The Hall–Kier alpha value is -2.53. The highest BCUT2D eigenvalue weighted by atomic mass is 16.1. The number of nitrogens with one attached hydrogen (secondary N) is 1. The van der Waals surface area contributed by atoms with E-state index in [4.69, 9.17) is 4.98 Å². The molecule has 1 aliphatic heterocycles. The summed E-state index contributed by atoms with van der Waals surface area (Å²) in [6.45, 7) is 8.53. The first kappa shape index (κ1) is 17.3. The maximum absolute atomic E-state index is 13.0. The third-order valence-corrected chi connectivity index (χ3v) is 4.57. The second-order valence-corrected chi connectivity index (χ2v) is 6.12. The van der Waals surface area contributed by atoms with Crippen LogP contribution in [0.3, 0.4) is 0 Å². The monoisotopic (exact) mass is 343 g/mol.